The van der Waals surface area contributed by atoms with Crippen LogP contribution in [-0.4, -0.2) is 55.8 Å². The van der Waals surface area contributed by atoms with E-state index in [2.05, 4.69) is 27.9 Å². The molecule has 0 unspecified atom stereocenters. The summed E-state index contributed by atoms with van der Waals surface area (Å²) in [6, 6.07) is 7.57. The van der Waals surface area contributed by atoms with Gasteiger partial charge in [0.1, 0.15) is 0 Å². The molecule has 0 saturated carbocycles. The summed E-state index contributed by atoms with van der Waals surface area (Å²) in [6.45, 7) is 0.414. The second kappa shape index (κ2) is 7.44. The van der Waals surface area contributed by atoms with Crippen LogP contribution in [0.25, 0.3) is 0 Å². The number of carbonyl (C=O) groups is 2. The van der Waals surface area contributed by atoms with Gasteiger partial charge in [-0.05, 0) is 41.8 Å². The van der Waals surface area contributed by atoms with Gasteiger partial charge in [-0.25, -0.2) is 0 Å². The van der Waals surface area contributed by atoms with Crippen LogP contribution in [0.2, 0.25) is 0 Å². The maximum Gasteiger partial charge on any atom is 0.238 e. The number of nitrogens with one attached hydrogen (secondary N) is 1. The number of anilines is 1. The highest BCUT2D eigenvalue weighted by Gasteiger charge is 2.12. The summed E-state index contributed by atoms with van der Waals surface area (Å²) in [7, 11) is 5.14. The van der Waals surface area contributed by atoms with Gasteiger partial charge in [-0.1, -0.05) is 12.1 Å². The summed E-state index contributed by atoms with van der Waals surface area (Å²) in [6.07, 6.45) is 0. The Labute approximate surface area is 127 Å². The van der Waals surface area contributed by atoms with Crippen molar-refractivity contribution in [3.8, 4) is 0 Å². The van der Waals surface area contributed by atoms with E-state index in [0.717, 1.165) is 9.26 Å². The molecule has 5 nitrogen and oxygen atoms in total. The highest BCUT2D eigenvalue weighted by molar-refractivity contribution is 14.1. The van der Waals surface area contributed by atoms with Gasteiger partial charge < -0.3 is 10.2 Å². The molecule has 19 heavy (non-hydrogen) atoms. The summed E-state index contributed by atoms with van der Waals surface area (Å²) >= 11 is 2.17. The van der Waals surface area contributed by atoms with E-state index in [1.54, 1.807) is 26.0 Å². The fourth-order valence-corrected chi connectivity index (χ4v) is 1.95. The van der Waals surface area contributed by atoms with Crippen molar-refractivity contribution in [2.45, 2.75) is 0 Å². The van der Waals surface area contributed by atoms with Crippen LogP contribution in [0.1, 0.15) is 0 Å². The van der Waals surface area contributed by atoms with Gasteiger partial charge in [-0.15, -0.1) is 0 Å². The smallest absolute Gasteiger partial charge is 0.238 e. The van der Waals surface area contributed by atoms with E-state index in [-0.39, 0.29) is 24.9 Å². The largest absolute Gasteiger partial charge is 0.348 e. The summed E-state index contributed by atoms with van der Waals surface area (Å²) in [4.78, 5) is 26.5. The van der Waals surface area contributed by atoms with Gasteiger partial charge in [0.25, 0.3) is 0 Å². The number of benzene rings is 1. The van der Waals surface area contributed by atoms with E-state index in [0.29, 0.717) is 0 Å². The zero-order valence-corrected chi connectivity index (χ0v) is 13.5. The number of carbonyl (C=O) groups excluding carboxylic acids is 2. The molecule has 0 heterocycles. The van der Waals surface area contributed by atoms with Crippen molar-refractivity contribution in [3.05, 3.63) is 27.8 Å². The van der Waals surface area contributed by atoms with Crippen LogP contribution >= 0.6 is 22.6 Å². The molecule has 1 N–H and O–H groups in total. The number of rotatable bonds is 5. The van der Waals surface area contributed by atoms with Gasteiger partial charge in [0.15, 0.2) is 0 Å². The van der Waals surface area contributed by atoms with Crippen LogP contribution in [0.15, 0.2) is 24.3 Å². The Morgan fingerprint density at radius 1 is 1.16 bits per heavy atom. The molecule has 6 heteroatoms. The second-order valence-corrected chi connectivity index (χ2v) is 5.65. The van der Waals surface area contributed by atoms with E-state index in [4.69, 9.17) is 0 Å². The van der Waals surface area contributed by atoms with Crippen LogP contribution in [0.4, 0.5) is 5.69 Å². The van der Waals surface area contributed by atoms with Crippen molar-refractivity contribution < 1.29 is 9.59 Å². The number of hydrogen-bond acceptors (Lipinski definition) is 3. The van der Waals surface area contributed by atoms with Crippen molar-refractivity contribution in [3.63, 3.8) is 0 Å². The maximum atomic E-state index is 11.8. The summed E-state index contributed by atoms with van der Waals surface area (Å²) in [5, 5.41) is 2.83. The van der Waals surface area contributed by atoms with E-state index in [1.807, 2.05) is 24.3 Å². The Kier molecular flexibility index (Phi) is 6.23. The summed E-state index contributed by atoms with van der Waals surface area (Å²) in [5.41, 5.74) is 0.792. The van der Waals surface area contributed by atoms with Crippen LogP contribution in [0, 0.1) is 3.57 Å². The molecule has 0 aliphatic heterocycles. The van der Waals surface area contributed by atoms with E-state index in [1.165, 1.54) is 4.90 Å². The molecule has 0 aromatic heterocycles. The number of para-hydroxylation sites is 1. The molecule has 0 saturated heterocycles. The van der Waals surface area contributed by atoms with E-state index < -0.39 is 0 Å². The fourth-order valence-electron chi connectivity index (χ4n) is 1.43. The van der Waals surface area contributed by atoms with Crippen molar-refractivity contribution in [1.82, 2.24) is 9.80 Å². The predicted octanol–water partition coefficient (Wildman–Crippen LogP) is 1.25. The molecule has 0 radical (unpaired) electrons. The van der Waals surface area contributed by atoms with Gasteiger partial charge in [-0.3, -0.25) is 14.5 Å². The van der Waals surface area contributed by atoms with Gasteiger partial charge >= 0.3 is 0 Å². The first-order valence-electron chi connectivity index (χ1n) is 5.83. The zero-order chi connectivity index (χ0) is 14.4. The van der Waals surface area contributed by atoms with Gasteiger partial charge in [0.05, 0.1) is 18.8 Å². The van der Waals surface area contributed by atoms with Crippen molar-refractivity contribution in [2.24, 2.45) is 0 Å². The summed E-state index contributed by atoms with van der Waals surface area (Å²) < 4.78 is 0.987. The Morgan fingerprint density at radius 3 is 2.37 bits per heavy atom. The van der Waals surface area contributed by atoms with Crippen molar-refractivity contribution in [2.75, 3.05) is 39.5 Å². The number of amides is 2. The Balaban J connectivity index is 2.48. The lowest BCUT2D eigenvalue weighted by atomic mass is 10.3. The minimum absolute atomic E-state index is 0.0235. The van der Waals surface area contributed by atoms with Crippen molar-refractivity contribution in [1.29, 1.82) is 0 Å². The normalized spacial score (nSPS) is 10.4. The topological polar surface area (TPSA) is 52.7 Å². The molecule has 1 aromatic carbocycles. The van der Waals surface area contributed by atoms with Gasteiger partial charge in [-0.2, -0.15) is 0 Å². The molecule has 0 aliphatic rings. The van der Waals surface area contributed by atoms with Gasteiger partial charge in [0.2, 0.25) is 11.8 Å². The SMILES string of the molecule is CN(CC(=O)Nc1ccccc1I)CC(=O)N(C)C. The van der Waals surface area contributed by atoms with Gasteiger partial charge in [0, 0.05) is 17.7 Å². The Hall–Kier alpha value is -1.15. The second-order valence-electron chi connectivity index (χ2n) is 4.49. The molecule has 104 valence electrons. The molecular formula is C13H18IN3O2. The number of halogens is 1. The average Bonchev–Trinajstić information content (AvgIpc) is 2.31. The Morgan fingerprint density at radius 2 is 1.79 bits per heavy atom. The van der Waals surface area contributed by atoms with Crippen LogP contribution in [-0.2, 0) is 9.59 Å². The lowest BCUT2D eigenvalue weighted by molar-refractivity contribution is -0.130. The lowest BCUT2D eigenvalue weighted by Crippen LogP contribution is -2.38. The average molecular weight is 375 g/mol. The third kappa shape index (κ3) is 5.56. The standard InChI is InChI=1S/C13H18IN3O2/c1-16(2)13(19)9-17(3)8-12(18)15-11-7-5-4-6-10(11)14/h4-7H,8-9H2,1-3H3,(H,15,18). The fraction of sp³-hybridized carbons (Fsp3) is 0.385. The van der Waals surface area contributed by atoms with E-state index in [9.17, 15) is 9.59 Å². The van der Waals surface area contributed by atoms with Crippen LogP contribution < -0.4 is 5.32 Å². The molecule has 0 fully saturated rings. The maximum absolute atomic E-state index is 11.8. The minimum atomic E-state index is -0.127. The molecule has 0 bridgehead atoms. The minimum Gasteiger partial charge on any atom is -0.348 e. The predicted molar refractivity (Wildman–Crippen MR) is 84.0 cm³/mol. The number of nitrogens with zero attached hydrogens (tertiary/aromatic N) is 2. The molecule has 0 atom stereocenters. The first-order valence-corrected chi connectivity index (χ1v) is 6.91. The van der Waals surface area contributed by atoms with Crippen LogP contribution in [0.3, 0.4) is 0 Å². The van der Waals surface area contributed by atoms with E-state index >= 15 is 0 Å². The first-order chi connectivity index (χ1) is 8.90. The van der Waals surface area contributed by atoms with Crippen LogP contribution in [0.5, 0.6) is 0 Å². The molecular weight excluding hydrogens is 357 g/mol. The first kappa shape index (κ1) is 15.9. The summed E-state index contributed by atoms with van der Waals surface area (Å²) in [5.74, 6) is -0.150. The molecule has 1 aromatic rings. The highest BCUT2D eigenvalue weighted by Crippen LogP contribution is 2.16. The number of likely N-dealkylation sites (N-methyl/N-ethyl adjacent to an activating group) is 2. The van der Waals surface area contributed by atoms with Crippen molar-refractivity contribution >= 4 is 40.1 Å². The molecule has 0 aliphatic carbocycles. The third-order valence-corrected chi connectivity index (χ3v) is 3.41. The third-order valence-electron chi connectivity index (χ3n) is 2.47. The molecule has 0 spiro atoms. The zero-order valence-electron chi connectivity index (χ0n) is 11.3. The number of hydrogen-bond donors (Lipinski definition) is 1. The quantitative estimate of drug-likeness (QED) is 0.789. The highest BCUT2D eigenvalue weighted by atomic mass is 127. The monoisotopic (exact) mass is 375 g/mol. The molecule has 1 rings (SSSR count). The Bertz CT molecular complexity index is 463. The lowest BCUT2D eigenvalue weighted by Gasteiger charge is -2.18. The molecule has 2 amide bonds.